The molecule has 2 aromatic carbocycles. The summed E-state index contributed by atoms with van der Waals surface area (Å²) < 4.78 is 32.4. The number of ether oxygens (including phenoxy) is 1. The van der Waals surface area contributed by atoms with Gasteiger partial charge in [0.05, 0.1) is 17.7 Å². The number of sulfonamides is 1. The summed E-state index contributed by atoms with van der Waals surface area (Å²) in [4.78, 5) is 16.7. The van der Waals surface area contributed by atoms with E-state index in [0.29, 0.717) is 23.5 Å². The lowest BCUT2D eigenvalue weighted by Gasteiger charge is -2.22. The molecule has 3 aromatic rings. The summed E-state index contributed by atoms with van der Waals surface area (Å²) in [5.41, 5.74) is 2.41. The molecule has 30 heavy (non-hydrogen) atoms. The van der Waals surface area contributed by atoms with Crippen LogP contribution in [0.4, 0.5) is 5.69 Å². The van der Waals surface area contributed by atoms with Crippen LogP contribution in [0.3, 0.4) is 0 Å². The van der Waals surface area contributed by atoms with Crippen molar-refractivity contribution in [1.82, 2.24) is 10.3 Å². The van der Waals surface area contributed by atoms with Gasteiger partial charge in [0.1, 0.15) is 5.75 Å². The molecule has 0 bridgehead atoms. The molecule has 1 aromatic heterocycles. The van der Waals surface area contributed by atoms with Gasteiger partial charge >= 0.3 is 0 Å². The molecule has 0 fully saturated rings. The van der Waals surface area contributed by atoms with Crippen LogP contribution in [0.15, 0.2) is 71.9 Å². The molecule has 156 valence electrons. The Hall–Kier alpha value is -3.39. The average Bonchev–Trinajstić information content (AvgIpc) is 2.78. The third-order valence-electron chi connectivity index (χ3n) is 4.70. The zero-order valence-corrected chi connectivity index (χ0v) is 17.8. The molecule has 0 saturated carbocycles. The van der Waals surface area contributed by atoms with Crippen molar-refractivity contribution >= 4 is 21.6 Å². The second kappa shape index (κ2) is 8.96. The Balaban J connectivity index is 1.83. The van der Waals surface area contributed by atoms with E-state index < -0.39 is 10.0 Å². The number of hydrogen-bond donors (Lipinski definition) is 1. The molecule has 0 aliphatic heterocycles. The second-order valence-electron chi connectivity index (χ2n) is 6.69. The first kappa shape index (κ1) is 21.3. The number of hydrogen-bond acceptors (Lipinski definition) is 5. The highest BCUT2D eigenvalue weighted by atomic mass is 32.2. The molecule has 1 N–H and O–H groups in total. The van der Waals surface area contributed by atoms with Gasteiger partial charge in [-0.2, -0.15) is 0 Å². The van der Waals surface area contributed by atoms with E-state index in [9.17, 15) is 13.2 Å². The monoisotopic (exact) mass is 425 g/mol. The van der Waals surface area contributed by atoms with Gasteiger partial charge in [-0.15, -0.1) is 0 Å². The number of benzene rings is 2. The van der Waals surface area contributed by atoms with E-state index in [0.717, 1.165) is 11.1 Å². The highest BCUT2D eigenvalue weighted by molar-refractivity contribution is 7.92. The fourth-order valence-electron chi connectivity index (χ4n) is 2.91. The van der Waals surface area contributed by atoms with Gasteiger partial charge in [0.25, 0.3) is 15.9 Å². The minimum atomic E-state index is -3.80. The van der Waals surface area contributed by atoms with Crippen LogP contribution in [-0.4, -0.2) is 33.5 Å². The molecular weight excluding hydrogens is 402 g/mol. The maximum Gasteiger partial charge on any atom is 0.264 e. The van der Waals surface area contributed by atoms with Gasteiger partial charge in [0.15, 0.2) is 0 Å². The van der Waals surface area contributed by atoms with E-state index in [4.69, 9.17) is 4.74 Å². The van der Waals surface area contributed by atoms with Crippen LogP contribution in [0.1, 0.15) is 21.5 Å². The van der Waals surface area contributed by atoms with Crippen molar-refractivity contribution in [3.8, 4) is 5.75 Å². The third-order valence-corrected chi connectivity index (χ3v) is 6.49. The number of nitrogens with one attached hydrogen (secondary N) is 1. The van der Waals surface area contributed by atoms with Gasteiger partial charge in [-0.3, -0.25) is 14.1 Å². The molecule has 1 amide bonds. The minimum Gasteiger partial charge on any atom is -0.497 e. The fourth-order valence-corrected chi connectivity index (χ4v) is 4.16. The van der Waals surface area contributed by atoms with Crippen molar-refractivity contribution in [1.29, 1.82) is 0 Å². The predicted octanol–water partition coefficient (Wildman–Crippen LogP) is 3.15. The van der Waals surface area contributed by atoms with Crippen molar-refractivity contribution in [3.63, 3.8) is 0 Å². The lowest BCUT2D eigenvalue weighted by atomic mass is 10.1. The number of pyridine rings is 1. The van der Waals surface area contributed by atoms with Crippen LogP contribution in [0.5, 0.6) is 5.75 Å². The molecule has 3 rings (SSSR count). The Labute approximate surface area is 176 Å². The summed E-state index contributed by atoms with van der Waals surface area (Å²) in [6.45, 7) is 2.13. The van der Waals surface area contributed by atoms with E-state index in [1.54, 1.807) is 55.7 Å². The minimum absolute atomic E-state index is 0.136. The molecule has 0 atom stereocenters. The van der Waals surface area contributed by atoms with Crippen LogP contribution in [0.2, 0.25) is 0 Å². The van der Waals surface area contributed by atoms with E-state index in [1.807, 2.05) is 6.07 Å². The van der Waals surface area contributed by atoms with Crippen molar-refractivity contribution in [2.45, 2.75) is 18.4 Å². The summed E-state index contributed by atoms with van der Waals surface area (Å²) in [7, 11) is -0.810. The summed E-state index contributed by atoms with van der Waals surface area (Å²) >= 11 is 0. The fraction of sp³-hybridized carbons (Fsp3) is 0.182. The first-order valence-corrected chi connectivity index (χ1v) is 10.7. The van der Waals surface area contributed by atoms with Gasteiger partial charge in [-0.1, -0.05) is 12.1 Å². The highest BCUT2D eigenvalue weighted by Gasteiger charge is 2.23. The molecule has 0 radical (unpaired) electrons. The number of aryl methyl sites for hydroxylation is 1. The van der Waals surface area contributed by atoms with Gasteiger partial charge in [-0.05, 0) is 60.5 Å². The number of methoxy groups -OCH3 is 1. The first-order chi connectivity index (χ1) is 14.3. The van der Waals surface area contributed by atoms with E-state index in [1.165, 1.54) is 30.6 Å². The molecule has 7 nitrogen and oxygen atoms in total. The van der Waals surface area contributed by atoms with E-state index in [-0.39, 0.29) is 10.8 Å². The van der Waals surface area contributed by atoms with E-state index >= 15 is 0 Å². The topological polar surface area (TPSA) is 88.6 Å². The SMILES string of the molecule is COc1ccc(S(=O)(=O)N(C)c2cc(C(=O)NCc3cccnc3)ccc2C)cc1. The molecule has 0 unspecified atom stereocenters. The molecule has 8 heteroatoms. The van der Waals surface area contributed by atoms with Gasteiger partial charge in [0, 0.05) is 31.5 Å². The molecule has 1 heterocycles. The second-order valence-corrected chi connectivity index (χ2v) is 8.66. The standard InChI is InChI=1S/C22H23N3O4S/c1-16-6-7-18(22(26)24-15-17-5-4-12-23-14-17)13-21(16)25(2)30(27,28)20-10-8-19(29-3)9-11-20/h4-14H,15H2,1-3H3,(H,24,26). The molecule has 0 saturated heterocycles. The van der Waals surface area contributed by atoms with Crippen LogP contribution >= 0.6 is 0 Å². The number of aromatic nitrogens is 1. The quantitative estimate of drug-likeness (QED) is 0.628. The molecular formula is C22H23N3O4S. The van der Waals surface area contributed by atoms with Crippen molar-refractivity contribution in [3.05, 3.63) is 83.7 Å². The Bertz CT molecular complexity index is 1130. The zero-order valence-electron chi connectivity index (χ0n) is 17.0. The Morgan fingerprint density at radius 3 is 2.50 bits per heavy atom. The smallest absolute Gasteiger partial charge is 0.264 e. The molecule has 0 aliphatic rings. The third kappa shape index (κ3) is 4.60. The highest BCUT2D eigenvalue weighted by Crippen LogP contribution is 2.27. The Morgan fingerprint density at radius 1 is 1.13 bits per heavy atom. The molecule has 0 aliphatic carbocycles. The number of carbonyl (C=O) groups excluding carboxylic acids is 1. The van der Waals surface area contributed by atoms with Crippen LogP contribution in [0, 0.1) is 6.92 Å². The number of nitrogens with zero attached hydrogens (tertiary/aromatic N) is 2. The number of amides is 1. The van der Waals surface area contributed by atoms with Crippen LogP contribution in [-0.2, 0) is 16.6 Å². The predicted molar refractivity (Wildman–Crippen MR) is 115 cm³/mol. The summed E-state index contributed by atoms with van der Waals surface area (Å²) in [6, 6.07) is 14.8. The largest absolute Gasteiger partial charge is 0.497 e. The number of anilines is 1. The van der Waals surface area contributed by atoms with Crippen molar-refractivity contribution < 1.29 is 17.9 Å². The average molecular weight is 426 g/mol. The lowest BCUT2D eigenvalue weighted by Crippen LogP contribution is -2.28. The van der Waals surface area contributed by atoms with Crippen molar-refractivity contribution in [2.75, 3.05) is 18.5 Å². The number of carbonyl (C=O) groups is 1. The maximum atomic E-state index is 13.1. The van der Waals surface area contributed by atoms with Gasteiger partial charge in [0.2, 0.25) is 0 Å². The van der Waals surface area contributed by atoms with Gasteiger partial charge < -0.3 is 10.1 Å². The maximum absolute atomic E-state index is 13.1. The Kier molecular flexibility index (Phi) is 6.37. The lowest BCUT2D eigenvalue weighted by molar-refractivity contribution is 0.0951. The zero-order chi connectivity index (χ0) is 21.7. The van der Waals surface area contributed by atoms with E-state index in [2.05, 4.69) is 10.3 Å². The van der Waals surface area contributed by atoms with Crippen molar-refractivity contribution in [2.24, 2.45) is 0 Å². The summed E-state index contributed by atoms with van der Waals surface area (Å²) in [5.74, 6) is 0.274. The van der Waals surface area contributed by atoms with Crippen LogP contribution < -0.4 is 14.4 Å². The summed E-state index contributed by atoms with van der Waals surface area (Å²) in [6.07, 6.45) is 3.34. The molecule has 0 spiro atoms. The Morgan fingerprint density at radius 2 is 1.87 bits per heavy atom. The van der Waals surface area contributed by atoms with Gasteiger partial charge in [-0.25, -0.2) is 8.42 Å². The van der Waals surface area contributed by atoms with Crippen LogP contribution in [0.25, 0.3) is 0 Å². The number of rotatable bonds is 7. The first-order valence-electron chi connectivity index (χ1n) is 9.23. The normalized spacial score (nSPS) is 11.0. The summed E-state index contributed by atoms with van der Waals surface area (Å²) in [5, 5.41) is 2.82.